The second kappa shape index (κ2) is 5.95. The summed E-state index contributed by atoms with van der Waals surface area (Å²) < 4.78 is 0. The quantitative estimate of drug-likeness (QED) is 0.699. The fourth-order valence-corrected chi connectivity index (χ4v) is 1.82. The van der Waals surface area contributed by atoms with Gasteiger partial charge < -0.3 is 14.7 Å². The third-order valence-corrected chi connectivity index (χ3v) is 3.08. The Balaban J connectivity index is 2.22. The largest absolute Gasteiger partial charge is 0.328 e. The SMILES string of the molecule is CCN(C)C(=O)N(C)CCN1CCCC1. The lowest BCUT2D eigenvalue weighted by atomic mass is 10.4. The third kappa shape index (κ3) is 3.70. The van der Waals surface area contributed by atoms with Crippen molar-refractivity contribution >= 4 is 6.03 Å². The van der Waals surface area contributed by atoms with Crippen molar-refractivity contribution in [3.63, 3.8) is 0 Å². The highest BCUT2D eigenvalue weighted by atomic mass is 16.2. The number of urea groups is 1. The summed E-state index contributed by atoms with van der Waals surface area (Å²) in [5.74, 6) is 0. The average Bonchev–Trinajstić information content (AvgIpc) is 2.76. The predicted molar refractivity (Wildman–Crippen MR) is 62.0 cm³/mol. The molecule has 15 heavy (non-hydrogen) atoms. The zero-order chi connectivity index (χ0) is 11.3. The number of carbonyl (C=O) groups is 1. The molecule has 0 aromatic rings. The molecule has 0 radical (unpaired) electrons. The second-order valence-electron chi connectivity index (χ2n) is 4.27. The van der Waals surface area contributed by atoms with Crippen LogP contribution in [-0.2, 0) is 0 Å². The highest BCUT2D eigenvalue weighted by molar-refractivity contribution is 5.73. The summed E-state index contributed by atoms with van der Waals surface area (Å²) in [5, 5.41) is 0. The number of likely N-dealkylation sites (tertiary alicyclic amines) is 1. The van der Waals surface area contributed by atoms with Gasteiger partial charge in [0.1, 0.15) is 0 Å². The van der Waals surface area contributed by atoms with E-state index < -0.39 is 0 Å². The minimum absolute atomic E-state index is 0.122. The van der Waals surface area contributed by atoms with E-state index in [2.05, 4.69) is 4.90 Å². The Hall–Kier alpha value is -0.770. The van der Waals surface area contributed by atoms with Gasteiger partial charge in [0.25, 0.3) is 0 Å². The summed E-state index contributed by atoms with van der Waals surface area (Å²) in [6, 6.07) is 0.122. The maximum Gasteiger partial charge on any atom is 0.319 e. The number of rotatable bonds is 4. The Morgan fingerprint density at radius 1 is 1.20 bits per heavy atom. The average molecular weight is 213 g/mol. The van der Waals surface area contributed by atoms with Crippen LogP contribution in [0.4, 0.5) is 4.79 Å². The molecule has 0 N–H and O–H groups in total. The van der Waals surface area contributed by atoms with Gasteiger partial charge in [0, 0.05) is 33.7 Å². The van der Waals surface area contributed by atoms with Crippen LogP contribution in [0.2, 0.25) is 0 Å². The second-order valence-corrected chi connectivity index (χ2v) is 4.27. The summed E-state index contributed by atoms with van der Waals surface area (Å²) in [4.78, 5) is 17.7. The summed E-state index contributed by atoms with van der Waals surface area (Å²) in [6.45, 7) is 7.01. The molecule has 0 aliphatic carbocycles. The minimum atomic E-state index is 0.122. The van der Waals surface area contributed by atoms with Crippen molar-refractivity contribution in [2.45, 2.75) is 19.8 Å². The van der Waals surface area contributed by atoms with Crippen molar-refractivity contribution < 1.29 is 4.79 Å². The van der Waals surface area contributed by atoms with E-state index in [4.69, 9.17) is 0 Å². The van der Waals surface area contributed by atoms with E-state index >= 15 is 0 Å². The lowest BCUT2D eigenvalue weighted by molar-refractivity contribution is 0.169. The number of carbonyl (C=O) groups excluding carboxylic acids is 1. The first kappa shape index (κ1) is 12.3. The summed E-state index contributed by atoms with van der Waals surface area (Å²) in [6.07, 6.45) is 2.62. The van der Waals surface area contributed by atoms with Gasteiger partial charge in [-0.05, 0) is 32.9 Å². The first-order chi connectivity index (χ1) is 7.15. The van der Waals surface area contributed by atoms with E-state index in [0.717, 1.165) is 19.6 Å². The zero-order valence-corrected chi connectivity index (χ0v) is 10.2. The fraction of sp³-hybridized carbons (Fsp3) is 0.909. The molecule has 1 aliphatic rings. The van der Waals surface area contributed by atoms with Gasteiger partial charge in [-0.15, -0.1) is 0 Å². The summed E-state index contributed by atoms with van der Waals surface area (Å²) in [7, 11) is 3.72. The maximum absolute atomic E-state index is 11.7. The van der Waals surface area contributed by atoms with Crippen LogP contribution in [-0.4, -0.2) is 67.5 Å². The molecule has 2 amide bonds. The lowest BCUT2D eigenvalue weighted by Crippen LogP contribution is -2.42. The Morgan fingerprint density at radius 2 is 1.80 bits per heavy atom. The molecule has 1 aliphatic heterocycles. The number of hydrogen-bond acceptors (Lipinski definition) is 2. The lowest BCUT2D eigenvalue weighted by Gasteiger charge is -2.25. The minimum Gasteiger partial charge on any atom is -0.328 e. The molecular weight excluding hydrogens is 190 g/mol. The van der Waals surface area contributed by atoms with Crippen LogP contribution in [0.3, 0.4) is 0 Å². The third-order valence-electron chi connectivity index (χ3n) is 3.08. The molecule has 0 unspecified atom stereocenters. The Morgan fingerprint density at radius 3 is 2.33 bits per heavy atom. The predicted octanol–water partition coefficient (Wildman–Crippen LogP) is 1.09. The van der Waals surface area contributed by atoms with Gasteiger partial charge in [0.2, 0.25) is 0 Å². The van der Waals surface area contributed by atoms with E-state index in [1.807, 2.05) is 25.9 Å². The smallest absolute Gasteiger partial charge is 0.319 e. The van der Waals surface area contributed by atoms with Crippen molar-refractivity contribution in [1.29, 1.82) is 0 Å². The first-order valence-corrected chi connectivity index (χ1v) is 5.83. The van der Waals surface area contributed by atoms with Crippen molar-refractivity contribution in [2.75, 3.05) is 46.8 Å². The topological polar surface area (TPSA) is 26.8 Å². The van der Waals surface area contributed by atoms with Crippen LogP contribution >= 0.6 is 0 Å². The molecule has 0 bridgehead atoms. The highest BCUT2D eigenvalue weighted by Gasteiger charge is 2.15. The Bertz CT molecular complexity index is 202. The van der Waals surface area contributed by atoms with Crippen LogP contribution in [0.1, 0.15) is 19.8 Å². The molecule has 1 rings (SSSR count). The van der Waals surface area contributed by atoms with Gasteiger partial charge in [-0.25, -0.2) is 4.79 Å². The van der Waals surface area contributed by atoms with Crippen LogP contribution in [0, 0.1) is 0 Å². The van der Waals surface area contributed by atoms with Crippen molar-refractivity contribution in [1.82, 2.24) is 14.7 Å². The van der Waals surface area contributed by atoms with E-state index in [-0.39, 0.29) is 6.03 Å². The van der Waals surface area contributed by atoms with Crippen LogP contribution in [0.5, 0.6) is 0 Å². The van der Waals surface area contributed by atoms with Gasteiger partial charge in [0.05, 0.1) is 0 Å². The molecule has 0 spiro atoms. The highest BCUT2D eigenvalue weighted by Crippen LogP contribution is 2.06. The van der Waals surface area contributed by atoms with Gasteiger partial charge in [-0.1, -0.05) is 0 Å². The van der Waals surface area contributed by atoms with E-state index in [9.17, 15) is 4.79 Å². The Kier molecular flexibility index (Phi) is 4.88. The van der Waals surface area contributed by atoms with Crippen molar-refractivity contribution in [2.24, 2.45) is 0 Å². The Labute approximate surface area is 92.8 Å². The van der Waals surface area contributed by atoms with Crippen molar-refractivity contribution in [3.05, 3.63) is 0 Å². The van der Waals surface area contributed by atoms with Crippen LogP contribution < -0.4 is 0 Å². The van der Waals surface area contributed by atoms with Crippen molar-refractivity contribution in [3.8, 4) is 0 Å². The monoisotopic (exact) mass is 213 g/mol. The van der Waals surface area contributed by atoms with Gasteiger partial charge in [0.15, 0.2) is 0 Å². The first-order valence-electron chi connectivity index (χ1n) is 5.83. The molecule has 4 nitrogen and oxygen atoms in total. The number of nitrogens with zero attached hydrogens (tertiary/aromatic N) is 3. The zero-order valence-electron chi connectivity index (χ0n) is 10.2. The fourth-order valence-electron chi connectivity index (χ4n) is 1.82. The maximum atomic E-state index is 11.7. The molecule has 4 heteroatoms. The van der Waals surface area contributed by atoms with E-state index in [0.29, 0.717) is 0 Å². The van der Waals surface area contributed by atoms with Crippen LogP contribution in [0.25, 0.3) is 0 Å². The molecule has 0 atom stereocenters. The summed E-state index contributed by atoms with van der Waals surface area (Å²) in [5.41, 5.74) is 0. The van der Waals surface area contributed by atoms with E-state index in [1.165, 1.54) is 25.9 Å². The van der Waals surface area contributed by atoms with Gasteiger partial charge in [-0.3, -0.25) is 0 Å². The number of amides is 2. The summed E-state index contributed by atoms with van der Waals surface area (Å²) >= 11 is 0. The molecule has 1 saturated heterocycles. The van der Waals surface area contributed by atoms with Gasteiger partial charge in [-0.2, -0.15) is 0 Å². The van der Waals surface area contributed by atoms with Crippen LogP contribution in [0.15, 0.2) is 0 Å². The number of hydrogen-bond donors (Lipinski definition) is 0. The van der Waals surface area contributed by atoms with E-state index in [1.54, 1.807) is 4.90 Å². The van der Waals surface area contributed by atoms with Gasteiger partial charge >= 0.3 is 6.03 Å². The molecule has 0 aromatic heterocycles. The number of likely N-dealkylation sites (N-methyl/N-ethyl adjacent to an activating group) is 1. The normalized spacial score (nSPS) is 16.7. The standard InChI is InChI=1S/C11H23N3O/c1-4-12(2)11(15)13(3)9-10-14-7-5-6-8-14/h4-10H2,1-3H3. The molecule has 0 aromatic carbocycles. The molecule has 1 heterocycles. The molecular formula is C11H23N3O. The molecule has 0 saturated carbocycles. The molecule has 88 valence electrons. The molecule has 1 fully saturated rings.